The Labute approximate surface area is 125 Å². The lowest BCUT2D eigenvalue weighted by atomic mass is 9.93. The van der Waals surface area contributed by atoms with Gasteiger partial charge in [-0.3, -0.25) is 10.1 Å². The van der Waals surface area contributed by atoms with Crippen molar-refractivity contribution in [2.24, 2.45) is 29.6 Å². The Morgan fingerprint density at radius 2 is 1.95 bits per heavy atom. The Morgan fingerprint density at radius 1 is 1.29 bits per heavy atom. The fraction of sp³-hybridized carbons (Fsp3) is 0.647. The van der Waals surface area contributed by atoms with Crippen LogP contribution in [0.5, 0.6) is 0 Å². The van der Waals surface area contributed by atoms with Crippen molar-refractivity contribution in [2.45, 2.75) is 31.7 Å². The topological polar surface area (TPSA) is 55.2 Å². The van der Waals surface area contributed by atoms with Crippen molar-refractivity contribution in [3.63, 3.8) is 0 Å². The molecule has 5 unspecified atom stereocenters. The van der Waals surface area contributed by atoms with Gasteiger partial charge in [-0.15, -0.1) is 0 Å². The Bertz CT molecular complexity index is 558. The third-order valence-corrected chi connectivity index (χ3v) is 6.26. The molecule has 0 heterocycles. The molecule has 5 atom stereocenters. The lowest BCUT2D eigenvalue weighted by molar-refractivity contribution is -0.385. The van der Waals surface area contributed by atoms with Crippen molar-refractivity contribution in [3.05, 3.63) is 39.9 Å². The molecule has 1 N–H and O–H groups in total. The van der Waals surface area contributed by atoms with Gasteiger partial charge < -0.3 is 5.32 Å². The second-order valence-electron chi connectivity index (χ2n) is 7.05. The van der Waals surface area contributed by atoms with Gasteiger partial charge in [0, 0.05) is 17.7 Å². The minimum Gasteiger partial charge on any atom is -0.316 e. The molecule has 4 heteroatoms. The van der Waals surface area contributed by atoms with Crippen LogP contribution in [0.3, 0.4) is 0 Å². The van der Waals surface area contributed by atoms with E-state index in [4.69, 9.17) is 0 Å². The highest BCUT2D eigenvalue weighted by atomic mass is 16.6. The van der Waals surface area contributed by atoms with Crippen LogP contribution in [0.1, 0.15) is 24.8 Å². The standard InChI is InChI=1S/C17H22N2O2/c1-18-13(9-10-4-2-3-5-14(10)19(20)21)17-15-11-6-7-12(8-11)16(15)17/h2-5,11-13,15-18H,6-9H2,1H3. The van der Waals surface area contributed by atoms with Crippen LogP contribution < -0.4 is 5.32 Å². The molecule has 0 radical (unpaired) electrons. The summed E-state index contributed by atoms with van der Waals surface area (Å²) in [5, 5.41) is 14.6. The van der Waals surface area contributed by atoms with Crippen molar-refractivity contribution < 1.29 is 4.92 Å². The highest BCUT2D eigenvalue weighted by molar-refractivity contribution is 5.40. The van der Waals surface area contributed by atoms with Crippen molar-refractivity contribution in [1.29, 1.82) is 0 Å². The van der Waals surface area contributed by atoms with E-state index < -0.39 is 0 Å². The van der Waals surface area contributed by atoms with Crippen molar-refractivity contribution in [1.82, 2.24) is 5.32 Å². The van der Waals surface area contributed by atoms with Gasteiger partial charge in [0.15, 0.2) is 0 Å². The first-order valence-corrected chi connectivity index (χ1v) is 8.10. The third kappa shape index (κ3) is 2.00. The summed E-state index contributed by atoms with van der Waals surface area (Å²) in [5.74, 6) is 4.47. The molecule has 0 amide bonds. The summed E-state index contributed by atoms with van der Waals surface area (Å²) in [5.41, 5.74) is 1.14. The molecule has 112 valence electrons. The molecule has 4 nitrogen and oxygen atoms in total. The van der Waals surface area contributed by atoms with Crippen LogP contribution in [0.4, 0.5) is 5.69 Å². The Kier molecular flexibility index (Phi) is 3.03. The van der Waals surface area contributed by atoms with E-state index in [1.807, 2.05) is 19.2 Å². The van der Waals surface area contributed by atoms with Crippen LogP contribution in [-0.2, 0) is 6.42 Å². The smallest absolute Gasteiger partial charge is 0.272 e. The van der Waals surface area contributed by atoms with Crippen molar-refractivity contribution in [2.75, 3.05) is 7.05 Å². The van der Waals surface area contributed by atoms with E-state index in [0.29, 0.717) is 6.04 Å². The number of nitrogens with one attached hydrogen (secondary N) is 1. The van der Waals surface area contributed by atoms with E-state index in [2.05, 4.69) is 5.32 Å². The maximum Gasteiger partial charge on any atom is 0.272 e. The van der Waals surface area contributed by atoms with Crippen LogP contribution in [0.25, 0.3) is 0 Å². The van der Waals surface area contributed by atoms with E-state index in [0.717, 1.165) is 41.6 Å². The van der Waals surface area contributed by atoms with Crippen LogP contribution in [0.15, 0.2) is 24.3 Å². The number of fused-ring (bicyclic) bond motifs is 5. The third-order valence-electron chi connectivity index (χ3n) is 6.26. The van der Waals surface area contributed by atoms with E-state index in [1.165, 1.54) is 19.3 Å². The highest BCUT2D eigenvalue weighted by Gasteiger charge is 2.66. The Balaban J connectivity index is 1.52. The molecule has 3 fully saturated rings. The molecular formula is C17H22N2O2. The van der Waals surface area contributed by atoms with E-state index in [-0.39, 0.29) is 10.6 Å². The number of nitro groups is 1. The summed E-state index contributed by atoms with van der Waals surface area (Å²) in [6, 6.07) is 7.59. The van der Waals surface area contributed by atoms with E-state index in [9.17, 15) is 10.1 Å². The SMILES string of the molecule is CNC(Cc1ccccc1[N+](=O)[O-])C1C2C3CCC(C3)C21. The molecule has 3 saturated carbocycles. The summed E-state index contributed by atoms with van der Waals surface area (Å²) < 4.78 is 0. The lowest BCUT2D eigenvalue weighted by Crippen LogP contribution is -2.32. The van der Waals surface area contributed by atoms with E-state index in [1.54, 1.807) is 12.1 Å². The first-order valence-electron chi connectivity index (χ1n) is 8.10. The largest absolute Gasteiger partial charge is 0.316 e. The molecule has 4 rings (SSSR count). The number of rotatable bonds is 5. The first kappa shape index (κ1) is 13.3. The average molecular weight is 286 g/mol. The van der Waals surface area contributed by atoms with Crippen LogP contribution in [-0.4, -0.2) is 18.0 Å². The maximum atomic E-state index is 11.2. The molecular weight excluding hydrogens is 264 g/mol. The second kappa shape index (κ2) is 4.80. The van der Waals surface area contributed by atoms with Gasteiger partial charge in [0.05, 0.1) is 4.92 Å². The fourth-order valence-corrected chi connectivity index (χ4v) is 5.46. The molecule has 2 bridgehead atoms. The van der Waals surface area contributed by atoms with Gasteiger partial charge in [0.25, 0.3) is 5.69 Å². The van der Waals surface area contributed by atoms with Crippen LogP contribution in [0.2, 0.25) is 0 Å². The van der Waals surface area contributed by atoms with Gasteiger partial charge in [-0.25, -0.2) is 0 Å². The highest BCUT2D eigenvalue weighted by Crippen LogP contribution is 2.70. The normalized spacial score (nSPS) is 37.3. The van der Waals surface area contributed by atoms with Gasteiger partial charge in [0.2, 0.25) is 0 Å². The van der Waals surface area contributed by atoms with Gasteiger partial charge in [-0.05, 0) is 62.3 Å². The zero-order chi connectivity index (χ0) is 14.6. The molecule has 3 aliphatic carbocycles. The Hall–Kier alpha value is -1.42. The van der Waals surface area contributed by atoms with Gasteiger partial charge in [-0.2, -0.15) is 0 Å². The summed E-state index contributed by atoms with van der Waals surface area (Å²) in [6.07, 6.45) is 5.08. The minimum atomic E-state index is -0.251. The van der Waals surface area contributed by atoms with Gasteiger partial charge in [0.1, 0.15) is 0 Å². The number of para-hydroxylation sites is 1. The van der Waals surface area contributed by atoms with Crippen LogP contribution in [0, 0.1) is 39.7 Å². The molecule has 0 spiro atoms. The average Bonchev–Trinajstić information content (AvgIpc) is 2.91. The first-order chi connectivity index (χ1) is 10.2. The zero-order valence-corrected chi connectivity index (χ0v) is 12.4. The predicted molar refractivity (Wildman–Crippen MR) is 80.9 cm³/mol. The molecule has 0 aliphatic heterocycles. The predicted octanol–water partition coefficient (Wildman–Crippen LogP) is 3.02. The van der Waals surface area contributed by atoms with Crippen LogP contribution >= 0.6 is 0 Å². The monoisotopic (exact) mass is 286 g/mol. The summed E-state index contributed by atoms with van der Waals surface area (Å²) >= 11 is 0. The second-order valence-corrected chi connectivity index (χ2v) is 7.05. The van der Waals surface area contributed by atoms with Gasteiger partial charge in [-0.1, -0.05) is 18.2 Å². The molecule has 21 heavy (non-hydrogen) atoms. The number of nitro benzene ring substituents is 1. The molecule has 0 aromatic heterocycles. The number of benzene rings is 1. The Morgan fingerprint density at radius 3 is 2.57 bits per heavy atom. The summed E-state index contributed by atoms with van der Waals surface area (Å²) in [4.78, 5) is 10.9. The quantitative estimate of drug-likeness (QED) is 0.668. The summed E-state index contributed by atoms with van der Waals surface area (Å²) in [7, 11) is 2.01. The lowest BCUT2D eigenvalue weighted by Gasteiger charge is -2.20. The molecule has 0 saturated heterocycles. The molecule has 1 aromatic rings. The molecule has 1 aromatic carbocycles. The summed E-state index contributed by atoms with van der Waals surface area (Å²) in [6.45, 7) is 0. The van der Waals surface area contributed by atoms with Crippen molar-refractivity contribution in [3.8, 4) is 0 Å². The zero-order valence-electron chi connectivity index (χ0n) is 12.4. The van der Waals surface area contributed by atoms with Crippen molar-refractivity contribution >= 4 is 5.69 Å². The number of hydrogen-bond acceptors (Lipinski definition) is 3. The number of hydrogen-bond donors (Lipinski definition) is 1. The number of likely N-dealkylation sites (N-methyl/N-ethyl adjacent to an activating group) is 1. The number of nitrogens with zero attached hydrogens (tertiary/aromatic N) is 1. The van der Waals surface area contributed by atoms with E-state index >= 15 is 0 Å². The fourth-order valence-electron chi connectivity index (χ4n) is 5.46. The molecule has 3 aliphatic rings. The van der Waals surface area contributed by atoms with Gasteiger partial charge >= 0.3 is 0 Å². The maximum absolute atomic E-state index is 11.2. The minimum absolute atomic E-state index is 0.251.